The Morgan fingerprint density at radius 2 is 1.79 bits per heavy atom. The van der Waals surface area contributed by atoms with E-state index in [1.54, 1.807) is 29.6 Å². The number of fused-ring (bicyclic) bond motifs is 1. The number of amides is 1. The molecule has 0 saturated heterocycles. The average molecular weight is 417 g/mol. The summed E-state index contributed by atoms with van der Waals surface area (Å²) in [7, 11) is 3.04. The summed E-state index contributed by atoms with van der Waals surface area (Å²) in [6.45, 7) is 2.11. The van der Waals surface area contributed by atoms with Gasteiger partial charge in [0.25, 0.3) is 5.56 Å². The molecule has 0 fully saturated rings. The highest BCUT2D eigenvalue weighted by Gasteiger charge is 2.16. The van der Waals surface area contributed by atoms with Gasteiger partial charge in [-0.15, -0.1) is 11.3 Å². The molecule has 8 nitrogen and oxygen atoms in total. The van der Waals surface area contributed by atoms with Crippen LogP contribution in [0.15, 0.2) is 39.2 Å². The molecule has 0 bridgehead atoms. The van der Waals surface area contributed by atoms with Crippen LogP contribution in [-0.4, -0.2) is 29.3 Å². The Balaban J connectivity index is 1.94. The first-order valence-electron chi connectivity index (χ1n) is 9.22. The topological polar surface area (TPSA) is 91.6 Å². The number of aromatic nitrogens is 2. The summed E-state index contributed by atoms with van der Waals surface area (Å²) in [5.74, 6) is 0.672. The second kappa shape index (κ2) is 8.95. The third kappa shape index (κ3) is 4.34. The number of hydrogen-bond donors (Lipinski definition) is 1. The van der Waals surface area contributed by atoms with Gasteiger partial charge >= 0.3 is 5.69 Å². The quantitative estimate of drug-likeness (QED) is 0.608. The third-order valence-electron chi connectivity index (χ3n) is 4.51. The number of nitrogens with one attached hydrogen (secondary N) is 1. The van der Waals surface area contributed by atoms with E-state index in [0.717, 1.165) is 6.42 Å². The number of nitrogens with zero attached hydrogens (tertiary/aromatic N) is 2. The Morgan fingerprint density at radius 3 is 2.41 bits per heavy atom. The maximum absolute atomic E-state index is 12.9. The lowest BCUT2D eigenvalue weighted by atomic mass is 10.2. The number of benzene rings is 1. The van der Waals surface area contributed by atoms with Crippen molar-refractivity contribution >= 4 is 33.1 Å². The van der Waals surface area contributed by atoms with Gasteiger partial charge in [-0.2, -0.15) is 0 Å². The highest BCUT2D eigenvalue weighted by atomic mass is 32.1. The lowest BCUT2D eigenvalue weighted by molar-refractivity contribution is -0.116. The van der Waals surface area contributed by atoms with E-state index in [1.165, 1.54) is 34.7 Å². The maximum atomic E-state index is 12.9. The van der Waals surface area contributed by atoms with Crippen LogP contribution in [-0.2, 0) is 17.9 Å². The predicted octanol–water partition coefficient (Wildman–Crippen LogP) is 2.68. The van der Waals surface area contributed by atoms with Crippen LogP contribution < -0.4 is 26.0 Å². The number of hydrogen-bond acceptors (Lipinski definition) is 6. The molecule has 0 aliphatic carbocycles. The van der Waals surface area contributed by atoms with Crippen molar-refractivity contribution in [2.45, 2.75) is 32.9 Å². The fourth-order valence-corrected chi connectivity index (χ4v) is 3.87. The number of rotatable bonds is 8. The standard InChI is InChI=1S/C20H23N3O5S/c1-4-5-7-22-19(25)18-16(6-8-29-18)23(20(22)26)12-17(24)21-13-9-14(27-2)11-15(10-13)28-3/h6,8-11H,4-5,7,12H2,1-3H3,(H,21,24). The van der Waals surface area contributed by atoms with Gasteiger partial charge in [-0.05, 0) is 17.9 Å². The summed E-state index contributed by atoms with van der Waals surface area (Å²) in [6, 6.07) is 6.70. The molecule has 9 heteroatoms. The van der Waals surface area contributed by atoms with Crippen LogP contribution in [0.1, 0.15) is 19.8 Å². The maximum Gasteiger partial charge on any atom is 0.332 e. The van der Waals surface area contributed by atoms with E-state index >= 15 is 0 Å². The van der Waals surface area contributed by atoms with Crippen molar-refractivity contribution in [3.8, 4) is 11.5 Å². The molecule has 0 radical (unpaired) electrons. The average Bonchev–Trinajstić information content (AvgIpc) is 3.20. The van der Waals surface area contributed by atoms with Crippen molar-refractivity contribution in [2.75, 3.05) is 19.5 Å². The molecule has 0 atom stereocenters. The monoisotopic (exact) mass is 417 g/mol. The SMILES string of the molecule is CCCCn1c(=O)c2sccc2n(CC(=O)Nc2cc(OC)cc(OC)c2)c1=O. The number of carbonyl (C=O) groups excluding carboxylic acids is 1. The van der Waals surface area contributed by atoms with Gasteiger partial charge < -0.3 is 14.8 Å². The van der Waals surface area contributed by atoms with Gasteiger partial charge in [-0.25, -0.2) is 4.79 Å². The molecule has 29 heavy (non-hydrogen) atoms. The second-order valence-electron chi connectivity index (χ2n) is 6.46. The lowest BCUT2D eigenvalue weighted by Gasteiger charge is -2.13. The Morgan fingerprint density at radius 1 is 1.10 bits per heavy atom. The van der Waals surface area contributed by atoms with Crippen LogP contribution in [0.5, 0.6) is 11.5 Å². The van der Waals surface area contributed by atoms with Crippen molar-refractivity contribution in [1.29, 1.82) is 0 Å². The van der Waals surface area contributed by atoms with Crippen molar-refractivity contribution in [3.63, 3.8) is 0 Å². The predicted molar refractivity (Wildman–Crippen MR) is 113 cm³/mol. The molecule has 0 unspecified atom stereocenters. The molecule has 0 spiro atoms. The van der Waals surface area contributed by atoms with Crippen molar-refractivity contribution in [3.05, 3.63) is 50.5 Å². The van der Waals surface area contributed by atoms with E-state index in [2.05, 4.69) is 5.32 Å². The van der Waals surface area contributed by atoms with Crippen molar-refractivity contribution < 1.29 is 14.3 Å². The number of thiophene rings is 1. The fourth-order valence-electron chi connectivity index (χ4n) is 3.02. The van der Waals surface area contributed by atoms with Crippen LogP contribution in [0.2, 0.25) is 0 Å². The van der Waals surface area contributed by atoms with Gasteiger partial charge in [0.05, 0.1) is 19.7 Å². The highest BCUT2D eigenvalue weighted by molar-refractivity contribution is 7.17. The summed E-state index contributed by atoms with van der Waals surface area (Å²) in [5.41, 5.74) is 0.173. The minimum absolute atomic E-state index is 0.210. The van der Waals surface area contributed by atoms with Crippen LogP contribution in [0, 0.1) is 0 Å². The zero-order valence-electron chi connectivity index (χ0n) is 16.6. The van der Waals surface area contributed by atoms with Crippen LogP contribution >= 0.6 is 11.3 Å². The molecule has 3 aromatic rings. The molecule has 1 N–H and O–H groups in total. The molecule has 3 rings (SSSR count). The first-order chi connectivity index (χ1) is 14.0. The number of methoxy groups -OCH3 is 2. The van der Waals surface area contributed by atoms with E-state index in [1.807, 2.05) is 6.92 Å². The zero-order valence-corrected chi connectivity index (χ0v) is 17.4. The van der Waals surface area contributed by atoms with Gasteiger partial charge in [0.2, 0.25) is 5.91 Å². The molecule has 154 valence electrons. The fraction of sp³-hybridized carbons (Fsp3) is 0.350. The Hall–Kier alpha value is -3.07. The van der Waals surface area contributed by atoms with Gasteiger partial charge in [-0.1, -0.05) is 13.3 Å². The normalized spacial score (nSPS) is 10.9. The summed E-state index contributed by atoms with van der Waals surface area (Å²) < 4.78 is 13.4. The first kappa shape index (κ1) is 20.7. The van der Waals surface area contributed by atoms with E-state index in [0.29, 0.717) is 40.4 Å². The minimum atomic E-state index is -0.479. The van der Waals surface area contributed by atoms with E-state index in [4.69, 9.17) is 9.47 Å². The van der Waals surface area contributed by atoms with Gasteiger partial charge in [-0.3, -0.25) is 18.7 Å². The molecule has 1 aromatic carbocycles. The van der Waals surface area contributed by atoms with E-state index in [-0.39, 0.29) is 12.1 Å². The number of unbranched alkanes of at least 4 members (excludes halogenated alkanes) is 1. The summed E-state index contributed by atoms with van der Waals surface area (Å²) in [5, 5.41) is 4.51. The summed E-state index contributed by atoms with van der Waals surface area (Å²) >= 11 is 1.27. The zero-order chi connectivity index (χ0) is 21.0. The van der Waals surface area contributed by atoms with Crippen LogP contribution in [0.4, 0.5) is 5.69 Å². The second-order valence-corrected chi connectivity index (χ2v) is 7.38. The minimum Gasteiger partial charge on any atom is -0.497 e. The molecule has 0 aliphatic heterocycles. The number of carbonyl (C=O) groups is 1. The molecule has 1 amide bonds. The molecule has 0 saturated carbocycles. The molecule has 2 heterocycles. The Bertz CT molecular complexity index is 1120. The van der Waals surface area contributed by atoms with Crippen molar-refractivity contribution in [2.24, 2.45) is 0 Å². The number of ether oxygens (including phenoxy) is 2. The lowest BCUT2D eigenvalue weighted by Crippen LogP contribution is -2.41. The van der Waals surface area contributed by atoms with Crippen LogP contribution in [0.25, 0.3) is 10.2 Å². The van der Waals surface area contributed by atoms with Gasteiger partial charge in [0, 0.05) is 30.4 Å². The van der Waals surface area contributed by atoms with E-state index < -0.39 is 11.6 Å². The highest BCUT2D eigenvalue weighted by Crippen LogP contribution is 2.25. The summed E-state index contributed by atoms with van der Waals surface area (Å²) in [6.07, 6.45) is 1.56. The van der Waals surface area contributed by atoms with Crippen LogP contribution in [0.3, 0.4) is 0 Å². The van der Waals surface area contributed by atoms with Gasteiger partial charge in [0.1, 0.15) is 22.7 Å². The smallest absolute Gasteiger partial charge is 0.332 e. The molecule has 2 aromatic heterocycles. The third-order valence-corrected chi connectivity index (χ3v) is 5.40. The van der Waals surface area contributed by atoms with E-state index in [9.17, 15) is 14.4 Å². The Kier molecular flexibility index (Phi) is 6.38. The van der Waals surface area contributed by atoms with Gasteiger partial charge in [0.15, 0.2) is 0 Å². The molecular weight excluding hydrogens is 394 g/mol. The Labute approximate surface area is 171 Å². The van der Waals surface area contributed by atoms with Crippen molar-refractivity contribution in [1.82, 2.24) is 9.13 Å². The largest absolute Gasteiger partial charge is 0.497 e. The number of anilines is 1. The molecule has 0 aliphatic rings. The summed E-state index contributed by atoms with van der Waals surface area (Å²) in [4.78, 5) is 38.2. The molecular formula is C20H23N3O5S. The first-order valence-corrected chi connectivity index (χ1v) is 10.1.